The summed E-state index contributed by atoms with van der Waals surface area (Å²) in [4.78, 5) is 25.1. The number of carbonyl (C=O) groups excluding carboxylic acids is 1. The molecule has 0 aromatic heterocycles. The Morgan fingerprint density at radius 2 is 2.24 bits per heavy atom. The number of urea groups is 1. The van der Waals surface area contributed by atoms with Crippen molar-refractivity contribution in [2.24, 2.45) is 5.92 Å². The Hall–Kier alpha value is -1.60. The maximum atomic E-state index is 11.8. The fourth-order valence-electron chi connectivity index (χ4n) is 2.37. The number of benzene rings is 1. The van der Waals surface area contributed by atoms with Gasteiger partial charge in [0, 0.05) is 23.2 Å². The standard InChI is InChI=1S/C14H18BrN3O3/c1-18-5-4-9(8-18)7-16-14(21)17-10-2-3-12(15)11(6-10)13(19)20/h2-3,6,9H,4-5,7-8H2,1H3,(H,19,20)(H2,16,17,21). The second-order valence-electron chi connectivity index (χ2n) is 5.25. The molecule has 1 aromatic rings. The van der Waals surface area contributed by atoms with E-state index in [-0.39, 0.29) is 11.6 Å². The zero-order valence-electron chi connectivity index (χ0n) is 11.7. The summed E-state index contributed by atoms with van der Waals surface area (Å²) < 4.78 is 0.481. The van der Waals surface area contributed by atoms with Crippen molar-refractivity contribution in [2.45, 2.75) is 6.42 Å². The largest absolute Gasteiger partial charge is 0.478 e. The number of carboxylic acids is 1. The number of carbonyl (C=O) groups is 2. The van der Waals surface area contributed by atoms with Crippen LogP contribution < -0.4 is 10.6 Å². The van der Waals surface area contributed by atoms with Crippen LogP contribution in [-0.2, 0) is 0 Å². The van der Waals surface area contributed by atoms with Gasteiger partial charge in [0.1, 0.15) is 0 Å². The fourth-order valence-corrected chi connectivity index (χ4v) is 2.79. The summed E-state index contributed by atoms with van der Waals surface area (Å²) in [6.07, 6.45) is 1.08. The molecule has 3 N–H and O–H groups in total. The van der Waals surface area contributed by atoms with E-state index in [0.29, 0.717) is 22.6 Å². The molecule has 0 spiro atoms. The van der Waals surface area contributed by atoms with Crippen molar-refractivity contribution in [3.8, 4) is 0 Å². The topological polar surface area (TPSA) is 81.7 Å². The maximum absolute atomic E-state index is 11.8. The van der Waals surface area contributed by atoms with Crippen molar-refractivity contribution in [2.75, 3.05) is 32.0 Å². The van der Waals surface area contributed by atoms with E-state index in [1.54, 1.807) is 12.1 Å². The van der Waals surface area contributed by atoms with E-state index < -0.39 is 5.97 Å². The van der Waals surface area contributed by atoms with Crippen LogP contribution in [0.15, 0.2) is 22.7 Å². The number of nitrogens with zero attached hydrogens (tertiary/aromatic N) is 1. The lowest BCUT2D eigenvalue weighted by Crippen LogP contribution is -2.33. The van der Waals surface area contributed by atoms with Crippen molar-refractivity contribution < 1.29 is 14.7 Å². The molecule has 6 nitrogen and oxygen atoms in total. The van der Waals surface area contributed by atoms with Gasteiger partial charge in [0.15, 0.2) is 0 Å². The number of amides is 2. The number of hydrogen-bond donors (Lipinski definition) is 3. The van der Waals surface area contributed by atoms with Crippen LogP contribution in [-0.4, -0.2) is 48.7 Å². The van der Waals surface area contributed by atoms with E-state index in [0.717, 1.165) is 19.5 Å². The molecule has 1 aliphatic rings. The Balaban J connectivity index is 1.87. The summed E-state index contributed by atoms with van der Waals surface area (Å²) >= 11 is 3.16. The summed E-state index contributed by atoms with van der Waals surface area (Å²) in [5, 5.41) is 14.5. The minimum absolute atomic E-state index is 0.116. The molecular weight excluding hydrogens is 338 g/mol. The average Bonchev–Trinajstić information content (AvgIpc) is 2.84. The van der Waals surface area contributed by atoms with E-state index >= 15 is 0 Å². The molecule has 1 aliphatic heterocycles. The normalized spacial score (nSPS) is 18.5. The number of halogens is 1. The van der Waals surface area contributed by atoms with Crippen molar-refractivity contribution in [1.29, 1.82) is 0 Å². The van der Waals surface area contributed by atoms with Gasteiger partial charge in [-0.1, -0.05) is 0 Å². The number of anilines is 1. The smallest absolute Gasteiger partial charge is 0.336 e. The van der Waals surface area contributed by atoms with Crippen LogP contribution >= 0.6 is 15.9 Å². The SMILES string of the molecule is CN1CCC(CNC(=O)Nc2ccc(Br)c(C(=O)O)c2)C1. The zero-order valence-corrected chi connectivity index (χ0v) is 13.3. The molecule has 1 unspecified atom stereocenters. The van der Waals surface area contributed by atoms with Gasteiger partial charge in [-0.15, -0.1) is 0 Å². The molecule has 2 amide bonds. The van der Waals surface area contributed by atoms with E-state index in [9.17, 15) is 9.59 Å². The lowest BCUT2D eigenvalue weighted by molar-refractivity contribution is 0.0696. The van der Waals surface area contributed by atoms with Crippen molar-refractivity contribution in [1.82, 2.24) is 10.2 Å². The highest BCUT2D eigenvalue weighted by atomic mass is 79.9. The fraction of sp³-hybridized carbons (Fsp3) is 0.429. The zero-order chi connectivity index (χ0) is 15.4. The Kier molecular flexibility index (Phi) is 5.19. The molecular formula is C14H18BrN3O3. The van der Waals surface area contributed by atoms with Gasteiger partial charge in [-0.05, 0) is 60.1 Å². The maximum Gasteiger partial charge on any atom is 0.336 e. The molecule has 7 heteroatoms. The molecule has 1 fully saturated rings. The number of aromatic carboxylic acids is 1. The van der Waals surface area contributed by atoms with Crippen molar-refractivity contribution in [3.63, 3.8) is 0 Å². The van der Waals surface area contributed by atoms with Gasteiger partial charge >= 0.3 is 12.0 Å². The first-order valence-corrected chi connectivity index (χ1v) is 7.51. The Labute approximate surface area is 131 Å². The minimum Gasteiger partial charge on any atom is -0.478 e. The minimum atomic E-state index is -1.04. The highest BCUT2D eigenvalue weighted by Gasteiger charge is 2.19. The van der Waals surface area contributed by atoms with Crippen LogP contribution in [0.5, 0.6) is 0 Å². The molecule has 1 atom stereocenters. The number of hydrogen-bond acceptors (Lipinski definition) is 3. The van der Waals surface area contributed by atoms with Crippen LogP contribution in [0.25, 0.3) is 0 Å². The van der Waals surface area contributed by atoms with Gasteiger partial charge in [0.05, 0.1) is 5.56 Å². The van der Waals surface area contributed by atoms with E-state index in [1.807, 2.05) is 0 Å². The molecule has 114 valence electrons. The van der Waals surface area contributed by atoms with Gasteiger partial charge in [-0.25, -0.2) is 9.59 Å². The predicted octanol–water partition coefficient (Wildman–Crippen LogP) is 2.22. The second kappa shape index (κ2) is 6.91. The molecule has 0 bridgehead atoms. The lowest BCUT2D eigenvalue weighted by atomic mass is 10.1. The first-order chi connectivity index (χ1) is 9.95. The molecule has 0 saturated carbocycles. The quantitative estimate of drug-likeness (QED) is 0.773. The highest BCUT2D eigenvalue weighted by molar-refractivity contribution is 9.10. The monoisotopic (exact) mass is 355 g/mol. The van der Waals surface area contributed by atoms with Crippen LogP contribution in [0.3, 0.4) is 0 Å². The predicted molar refractivity (Wildman–Crippen MR) is 83.7 cm³/mol. The summed E-state index contributed by atoms with van der Waals surface area (Å²) in [5.74, 6) is -0.569. The number of likely N-dealkylation sites (tertiary alicyclic amines) is 1. The molecule has 1 saturated heterocycles. The Morgan fingerprint density at radius 3 is 2.86 bits per heavy atom. The van der Waals surface area contributed by atoms with E-state index in [1.165, 1.54) is 6.07 Å². The third-order valence-corrected chi connectivity index (χ3v) is 4.19. The van der Waals surface area contributed by atoms with Crippen molar-refractivity contribution in [3.05, 3.63) is 28.2 Å². The summed E-state index contributed by atoms with van der Waals surface area (Å²) in [7, 11) is 2.06. The number of nitrogens with one attached hydrogen (secondary N) is 2. The van der Waals surface area contributed by atoms with Crippen LogP contribution in [0.2, 0.25) is 0 Å². The summed E-state index contributed by atoms with van der Waals surface area (Å²) in [5.41, 5.74) is 0.571. The molecule has 1 heterocycles. The van der Waals surface area contributed by atoms with Crippen molar-refractivity contribution >= 4 is 33.6 Å². The molecule has 0 aliphatic carbocycles. The Bertz CT molecular complexity index is 550. The number of carboxylic acid groups (broad SMARTS) is 1. The van der Waals surface area contributed by atoms with Gasteiger partial charge < -0.3 is 20.6 Å². The van der Waals surface area contributed by atoms with Gasteiger partial charge in [-0.3, -0.25) is 0 Å². The molecule has 1 aromatic carbocycles. The number of rotatable bonds is 4. The van der Waals surface area contributed by atoms with E-state index in [2.05, 4.69) is 38.5 Å². The lowest BCUT2D eigenvalue weighted by Gasteiger charge is -2.13. The molecule has 0 radical (unpaired) electrons. The highest BCUT2D eigenvalue weighted by Crippen LogP contribution is 2.21. The Morgan fingerprint density at radius 1 is 1.48 bits per heavy atom. The second-order valence-corrected chi connectivity index (χ2v) is 6.11. The summed E-state index contributed by atoms with van der Waals surface area (Å²) in [6, 6.07) is 4.36. The van der Waals surface area contributed by atoms with Crippen LogP contribution in [0, 0.1) is 5.92 Å². The van der Waals surface area contributed by atoms with Gasteiger partial charge in [0.2, 0.25) is 0 Å². The van der Waals surface area contributed by atoms with Crippen LogP contribution in [0.1, 0.15) is 16.8 Å². The van der Waals surface area contributed by atoms with E-state index in [4.69, 9.17) is 5.11 Å². The first kappa shape index (κ1) is 15.8. The van der Waals surface area contributed by atoms with Gasteiger partial charge in [0.25, 0.3) is 0 Å². The third-order valence-electron chi connectivity index (χ3n) is 3.49. The van der Waals surface area contributed by atoms with Gasteiger partial charge in [-0.2, -0.15) is 0 Å². The molecule has 21 heavy (non-hydrogen) atoms. The average molecular weight is 356 g/mol. The third kappa shape index (κ3) is 4.44. The molecule has 2 rings (SSSR count). The summed E-state index contributed by atoms with van der Waals surface area (Å²) in [6.45, 7) is 2.67. The van der Waals surface area contributed by atoms with Crippen LogP contribution in [0.4, 0.5) is 10.5 Å². The first-order valence-electron chi connectivity index (χ1n) is 6.72.